The quantitative estimate of drug-likeness (QED) is 0.770. The highest BCUT2D eigenvalue weighted by molar-refractivity contribution is 5.75. The van der Waals surface area contributed by atoms with Gasteiger partial charge >= 0.3 is 12.0 Å². The maximum atomic E-state index is 12.1. The van der Waals surface area contributed by atoms with E-state index in [-0.39, 0.29) is 25.0 Å². The molecule has 1 fully saturated rings. The van der Waals surface area contributed by atoms with E-state index in [1.54, 1.807) is 7.05 Å². The van der Waals surface area contributed by atoms with Crippen LogP contribution >= 0.6 is 0 Å². The van der Waals surface area contributed by atoms with Crippen LogP contribution < -0.4 is 0 Å². The van der Waals surface area contributed by atoms with E-state index in [2.05, 4.69) is 0 Å². The van der Waals surface area contributed by atoms with Crippen LogP contribution in [-0.2, 0) is 4.79 Å². The third-order valence-electron chi connectivity index (χ3n) is 3.01. The summed E-state index contributed by atoms with van der Waals surface area (Å²) in [6.07, 6.45) is 2.41. The highest BCUT2D eigenvalue weighted by Crippen LogP contribution is 2.30. The Morgan fingerprint density at radius 3 is 2.35 bits per heavy atom. The fourth-order valence-electron chi connectivity index (χ4n) is 1.67. The summed E-state index contributed by atoms with van der Waals surface area (Å²) in [5.74, 6) is -0.225. The number of carbonyl (C=O) groups is 2. The molecule has 1 saturated carbocycles. The summed E-state index contributed by atoms with van der Waals surface area (Å²) >= 11 is 0. The van der Waals surface area contributed by atoms with Crippen LogP contribution in [0.3, 0.4) is 0 Å². The third kappa shape index (κ3) is 4.63. The second kappa shape index (κ2) is 5.89. The molecule has 0 aliphatic heterocycles. The summed E-state index contributed by atoms with van der Waals surface area (Å²) in [5, 5.41) is 8.60. The number of nitrogens with zero attached hydrogens (tertiary/aromatic N) is 2. The number of carboxylic acid groups (broad SMARTS) is 1. The number of carboxylic acids is 1. The lowest BCUT2D eigenvalue weighted by Gasteiger charge is -2.31. The van der Waals surface area contributed by atoms with Gasteiger partial charge < -0.3 is 14.9 Å². The Balaban J connectivity index is 2.47. The van der Waals surface area contributed by atoms with E-state index >= 15 is 0 Å². The molecule has 0 bridgehead atoms. The number of hydrogen-bond acceptors (Lipinski definition) is 2. The van der Waals surface area contributed by atoms with Crippen molar-refractivity contribution < 1.29 is 14.7 Å². The van der Waals surface area contributed by atoms with Gasteiger partial charge in [0, 0.05) is 26.2 Å². The fraction of sp³-hybridized carbons (Fsp3) is 0.833. The molecule has 0 spiro atoms. The van der Waals surface area contributed by atoms with Crippen molar-refractivity contribution in [1.29, 1.82) is 0 Å². The van der Waals surface area contributed by atoms with Crippen molar-refractivity contribution >= 4 is 12.0 Å². The van der Waals surface area contributed by atoms with Crippen LogP contribution in [0.4, 0.5) is 4.79 Å². The largest absolute Gasteiger partial charge is 0.481 e. The number of carbonyl (C=O) groups excluding carboxylic acids is 1. The van der Waals surface area contributed by atoms with Gasteiger partial charge in [-0.05, 0) is 32.6 Å². The van der Waals surface area contributed by atoms with E-state index in [4.69, 9.17) is 5.11 Å². The molecule has 0 aromatic rings. The van der Waals surface area contributed by atoms with Crippen LogP contribution in [0.25, 0.3) is 0 Å². The van der Waals surface area contributed by atoms with Gasteiger partial charge in [0.15, 0.2) is 0 Å². The first-order valence-corrected chi connectivity index (χ1v) is 6.15. The lowest BCUT2D eigenvalue weighted by atomic mass is 10.3. The first-order chi connectivity index (χ1) is 7.91. The summed E-state index contributed by atoms with van der Waals surface area (Å²) in [6, 6.07) is 0.100. The zero-order valence-electron chi connectivity index (χ0n) is 10.8. The zero-order chi connectivity index (χ0) is 13.0. The molecule has 1 aliphatic carbocycles. The predicted octanol–water partition coefficient (Wildman–Crippen LogP) is 1.63. The molecule has 1 rings (SSSR count). The molecule has 1 N–H and O–H groups in total. The molecule has 0 unspecified atom stereocenters. The zero-order valence-corrected chi connectivity index (χ0v) is 10.8. The van der Waals surface area contributed by atoms with Gasteiger partial charge in [-0.15, -0.1) is 0 Å². The maximum Gasteiger partial charge on any atom is 0.319 e. The summed E-state index contributed by atoms with van der Waals surface area (Å²) in [7, 11) is 1.66. The SMILES string of the molecule is CC(C)N(CC1CC1)C(=O)N(C)CCC(=O)O. The Hall–Kier alpha value is -1.26. The molecule has 17 heavy (non-hydrogen) atoms. The van der Waals surface area contributed by atoms with E-state index in [1.165, 1.54) is 17.7 Å². The van der Waals surface area contributed by atoms with Crippen LogP contribution in [0.1, 0.15) is 33.1 Å². The van der Waals surface area contributed by atoms with E-state index < -0.39 is 5.97 Å². The minimum Gasteiger partial charge on any atom is -0.481 e. The van der Waals surface area contributed by atoms with E-state index in [9.17, 15) is 9.59 Å². The average Bonchev–Trinajstić information content (AvgIpc) is 3.04. The molecule has 5 nitrogen and oxygen atoms in total. The molecule has 0 aromatic carbocycles. The smallest absolute Gasteiger partial charge is 0.319 e. The first-order valence-electron chi connectivity index (χ1n) is 6.15. The van der Waals surface area contributed by atoms with Gasteiger partial charge in [-0.1, -0.05) is 0 Å². The van der Waals surface area contributed by atoms with Crippen molar-refractivity contribution in [2.45, 2.75) is 39.2 Å². The van der Waals surface area contributed by atoms with Gasteiger partial charge in [0.05, 0.1) is 6.42 Å². The normalized spacial score (nSPS) is 14.8. The Kier molecular flexibility index (Phi) is 4.78. The first kappa shape index (κ1) is 13.8. The van der Waals surface area contributed by atoms with E-state index in [1.807, 2.05) is 18.7 Å². The summed E-state index contributed by atoms with van der Waals surface area (Å²) < 4.78 is 0. The molecule has 0 radical (unpaired) electrons. The van der Waals surface area contributed by atoms with Gasteiger partial charge in [0.2, 0.25) is 0 Å². The second-order valence-corrected chi connectivity index (χ2v) is 5.04. The number of urea groups is 1. The van der Waals surface area contributed by atoms with Gasteiger partial charge in [0.25, 0.3) is 0 Å². The highest BCUT2D eigenvalue weighted by atomic mass is 16.4. The van der Waals surface area contributed by atoms with Gasteiger partial charge in [-0.3, -0.25) is 4.79 Å². The van der Waals surface area contributed by atoms with Gasteiger partial charge in [-0.25, -0.2) is 4.79 Å². The standard InChI is InChI=1S/C12H22N2O3/c1-9(2)14(8-10-4-5-10)12(17)13(3)7-6-11(15)16/h9-10H,4-8H2,1-3H3,(H,15,16). The van der Waals surface area contributed by atoms with Gasteiger partial charge in [-0.2, -0.15) is 0 Å². The van der Waals surface area contributed by atoms with Crippen molar-refractivity contribution in [2.75, 3.05) is 20.1 Å². The van der Waals surface area contributed by atoms with Crippen LogP contribution in [0.2, 0.25) is 0 Å². The predicted molar refractivity (Wildman–Crippen MR) is 64.8 cm³/mol. The van der Waals surface area contributed by atoms with Crippen molar-refractivity contribution in [2.24, 2.45) is 5.92 Å². The molecule has 2 amide bonds. The monoisotopic (exact) mass is 242 g/mol. The van der Waals surface area contributed by atoms with Crippen LogP contribution in [0, 0.1) is 5.92 Å². The molecule has 0 saturated heterocycles. The average molecular weight is 242 g/mol. The highest BCUT2D eigenvalue weighted by Gasteiger charge is 2.29. The molecule has 0 aromatic heterocycles. The summed E-state index contributed by atoms with van der Waals surface area (Å²) in [5.41, 5.74) is 0. The molecule has 1 aliphatic rings. The third-order valence-corrected chi connectivity index (χ3v) is 3.01. The molecule has 5 heteroatoms. The second-order valence-electron chi connectivity index (χ2n) is 5.04. The van der Waals surface area contributed by atoms with Crippen LogP contribution in [0.5, 0.6) is 0 Å². The Morgan fingerprint density at radius 1 is 1.35 bits per heavy atom. The molecule has 98 valence electrons. The van der Waals surface area contributed by atoms with Crippen molar-refractivity contribution in [1.82, 2.24) is 9.80 Å². The van der Waals surface area contributed by atoms with Crippen LogP contribution in [0.15, 0.2) is 0 Å². The van der Waals surface area contributed by atoms with E-state index in [0.717, 1.165) is 6.54 Å². The number of hydrogen-bond donors (Lipinski definition) is 1. The Bertz CT molecular complexity index is 287. The summed E-state index contributed by atoms with van der Waals surface area (Å²) in [6.45, 7) is 5.05. The number of aliphatic carboxylic acids is 1. The lowest BCUT2D eigenvalue weighted by Crippen LogP contribution is -2.46. The maximum absolute atomic E-state index is 12.1. The van der Waals surface area contributed by atoms with E-state index in [0.29, 0.717) is 5.92 Å². The number of rotatable bonds is 6. The van der Waals surface area contributed by atoms with Crippen molar-refractivity contribution in [3.63, 3.8) is 0 Å². The fourth-order valence-corrected chi connectivity index (χ4v) is 1.67. The Morgan fingerprint density at radius 2 is 1.94 bits per heavy atom. The van der Waals surface area contributed by atoms with Gasteiger partial charge in [0.1, 0.15) is 0 Å². The molecular weight excluding hydrogens is 220 g/mol. The molecule has 0 heterocycles. The minimum atomic E-state index is -0.872. The molecule has 0 atom stereocenters. The molecular formula is C12H22N2O3. The lowest BCUT2D eigenvalue weighted by molar-refractivity contribution is -0.137. The van der Waals surface area contributed by atoms with Crippen molar-refractivity contribution in [3.8, 4) is 0 Å². The van der Waals surface area contributed by atoms with Crippen LogP contribution in [-0.4, -0.2) is 53.1 Å². The Labute approximate surface area is 102 Å². The summed E-state index contributed by atoms with van der Waals surface area (Å²) in [4.78, 5) is 25.9. The topological polar surface area (TPSA) is 60.9 Å². The number of amides is 2. The minimum absolute atomic E-state index is 0.00238. The van der Waals surface area contributed by atoms with Crippen molar-refractivity contribution in [3.05, 3.63) is 0 Å².